The van der Waals surface area contributed by atoms with Gasteiger partial charge in [0.05, 0.1) is 26.4 Å². The fourth-order valence-corrected chi connectivity index (χ4v) is 55.5. The average molecular weight is 2620 g/mol. The standard InChI is InChI=1S/C24H44Si3.2C22H36Si.2C17H34Si.16CH3.4ClH.2Hf.3Zr/c1-26(2,3)18-20-12-14-23(16-20)25(22-10-8-7-9-11-22)24-15-13-21(17-24)19-27(4,5)6;2*1-3-9-18-15-16-21(17-18)23(20-12-6-5-7-13-20)22-14-8-11-19(22)10-4-2;2*1-4-6-14-8-10-16(12-14)18(3)17-11-9-15(13-17)7-5-2;;;;;;;;;;;;;;;;;;;;;;;;;/h7-11,20-21,23-25H,12-19H2,1-6H3;2*5-7,12-13,18-19,21-23H,3-4,8-11,14-17H2,1-2H3;2*14-18H,4-13H2,1-3H3;16*1H3;4*1H;;;;;/q;;;;;16*-1;;;;;5*+4/p-4. The minimum atomic E-state index is -0.915. The first-order valence-electron chi connectivity index (χ1n) is 50.7. The van der Waals surface area contributed by atoms with E-state index in [1.54, 1.807) is 169 Å². The maximum atomic E-state index is 4.93. The second kappa shape index (κ2) is 93.7. The molecule has 22 atom stereocenters. The Morgan fingerprint density at radius 3 is 0.642 bits per heavy atom. The molecular formula is C118H232Cl4Hf2Si7Zr3. The number of halogens is 4. The van der Waals surface area contributed by atoms with Crippen molar-refractivity contribution in [1.82, 2.24) is 0 Å². The summed E-state index contributed by atoms with van der Waals surface area (Å²) >= 11 is -1.65. The zero-order valence-electron chi connectivity index (χ0n) is 95.5. The monoisotopic (exact) mass is 2620 g/mol. The van der Waals surface area contributed by atoms with Gasteiger partial charge in [-0.2, -0.15) is 0 Å². The van der Waals surface area contributed by atoms with Crippen molar-refractivity contribution >= 4 is 110 Å². The van der Waals surface area contributed by atoms with E-state index in [4.69, 9.17) is 34.1 Å². The second-order valence-corrected chi connectivity index (χ2v) is 80.1. The summed E-state index contributed by atoms with van der Waals surface area (Å²) in [5.74, 6) is 10.8. The zero-order valence-corrected chi connectivity index (χ0v) is 121. The average Bonchev–Trinajstić information content (AvgIpc) is 1.64. The third-order valence-corrected chi connectivity index (χ3v) is 58.4. The van der Waals surface area contributed by atoms with Crippen LogP contribution in [0.1, 0.15) is 351 Å². The fourth-order valence-electron chi connectivity index (χ4n) is 28.2. The summed E-state index contributed by atoms with van der Waals surface area (Å²) in [5.41, 5.74) is 11.4. The predicted octanol–water partition coefficient (Wildman–Crippen LogP) is 40.8. The van der Waals surface area contributed by atoms with Crippen LogP contribution in [0.25, 0.3) is 0 Å². The molecule has 0 nitrogen and oxygen atoms in total. The van der Waals surface area contributed by atoms with Gasteiger partial charge in [0.2, 0.25) is 0 Å². The maximum Gasteiger partial charge on any atom is 4.00 e. The smallest absolute Gasteiger partial charge is 4.00 e. The van der Waals surface area contributed by atoms with E-state index < -0.39 is 102 Å². The van der Waals surface area contributed by atoms with Crippen molar-refractivity contribution in [3.05, 3.63) is 210 Å². The second-order valence-electron chi connectivity index (χ2n) is 43.7. The van der Waals surface area contributed by atoms with Gasteiger partial charge in [0.25, 0.3) is 0 Å². The van der Waals surface area contributed by atoms with E-state index in [-0.39, 0.29) is 197 Å². The topological polar surface area (TPSA) is 0 Å². The minimum Gasteiger partial charge on any atom is 4.00 e. The van der Waals surface area contributed by atoms with Crippen LogP contribution in [0.4, 0.5) is 0 Å². The molecule has 13 rings (SSSR count). The third kappa shape index (κ3) is 58.9. The van der Waals surface area contributed by atoms with E-state index in [1.807, 2.05) is 0 Å². The SMILES string of the molecule is CCCC1CCC([SiH](C)C2CCC(CCC)C2)C1.CCCC1CCC([SiH](C)C2CCC(CCC)C2)C1.CCCC1CCC([SiH](c2ccccc2)C2CCCC2CCC)C1.CCCC1CCC([SiH](c2ccccc2)C2CCCC2CCC)C1.C[Si](C)(C)CC1CCC([SiH](c2ccccc2)C2CCC(C[Si](C)(C)C)C2)C1.[CH3-].[CH3-].[CH3-].[CH3-].[CH3-].[CH3-].[CH3-].[CH3-].[CH3-].[CH3-].[CH3-].[CH3-].[CH3-].[CH3-].[CH3-].[CH3-].[Cl][Zr+2][Cl].[Cl][Zr+2][Cl].[Hf+4].[Hf+4].[Zr+4]. The Morgan fingerprint density at radius 1 is 0.254 bits per heavy atom. The van der Waals surface area contributed by atoms with Crippen LogP contribution in [0.5, 0.6) is 0 Å². The van der Waals surface area contributed by atoms with Crippen LogP contribution in [0.2, 0.25) is 120 Å². The molecule has 0 amide bonds. The van der Waals surface area contributed by atoms with Crippen molar-refractivity contribution < 1.29 is 120 Å². The molecule has 0 heterocycles. The zero-order chi connectivity index (χ0) is 83.1. The molecule has 10 aliphatic carbocycles. The van der Waals surface area contributed by atoms with Crippen molar-refractivity contribution in [2.45, 2.75) is 471 Å². The van der Waals surface area contributed by atoms with Crippen LogP contribution in [0.15, 0.2) is 91.0 Å². The van der Waals surface area contributed by atoms with Crippen LogP contribution in [0, 0.1) is 178 Å². The van der Waals surface area contributed by atoms with Crippen molar-refractivity contribution in [3.63, 3.8) is 0 Å². The Labute approximate surface area is 957 Å². The Bertz CT molecular complexity index is 2710. The van der Waals surface area contributed by atoms with Crippen LogP contribution in [-0.2, 0) is 120 Å². The predicted molar refractivity (Wildman–Crippen MR) is 638 cm³/mol. The number of hydrogen-bond donors (Lipinski definition) is 0. The summed E-state index contributed by atoms with van der Waals surface area (Å²) in [7, 11) is 14.5. The minimum absolute atomic E-state index is 0. The first-order chi connectivity index (χ1) is 55.6. The molecule has 134 heavy (non-hydrogen) atoms. The first kappa shape index (κ1) is 166. The van der Waals surface area contributed by atoms with Crippen molar-refractivity contribution in [1.29, 1.82) is 0 Å². The summed E-state index contributed by atoms with van der Waals surface area (Å²) in [4.78, 5) is 0. The van der Waals surface area contributed by atoms with Gasteiger partial charge in [-0.15, -0.1) is 0 Å². The van der Waals surface area contributed by atoms with Crippen molar-refractivity contribution in [2.24, 2.45) is 59.2 Å². The summed E-state index contributed by atoms with van der Waals surface area (Å²) in [6.45, 7) is 39.8. The van der Waals surface area contributed by atoms with E-state index in [9.17, 15) is 0 Å². The van der Waals surface area contributed by atoms with Crippen LogP contribution < -0.4 is 15.6 Å². The fraction of sp³-hybridized carbons (Fsp3) is 0.712. The maximum absolute atomic E-state index is 4.93. The van der Waals surface area contributed by atoms with E-state index in [0.717, 1.165) is 92.4 Å². The Balaban J connectivity index is -0.000000119. The van der Waals surface area contributed by atoms with Gasteiger partial charge in [-0.3, -0.25) is 0 Å². The number of benzene rings is 3. The van der Waals surface area contributed by atoms with Gasteiger partial charge in [-0.1, -0.05) is 509 Å². The molecule has 780 valence electrons. The number of rotatable bonds is 33. The van der Waals surface area contributed by atoms with Crippen molar-refractivity contribution in [2.75, 3.05) is 0 Å². The quantitative estimate of drug-likeness (QED) is 0.0421. The van der Waals surface area contributed by atoms with Gasteiger partial charge in [0, 0.05) is 33.7 Å². The molecule has 0 aromatic heterocycles. The molecule has 0 aliphatic heterocycles. The molecule has 3 aromatic carbocycles. The Kier molecular flexibility index (Phi) is 116. The molecule has 0 radical (unpaired) electrons. The molecule has 16 heteroatoms. The molecule has 0 bridgehead atoms. The Morgan fingerprint density at radius 2 is 0.433 bits per heavy atom. The van der Waals surface area contributed by atoms with Gasteiger partial charge in [0.1, 0.15) is 0 Å². The van der Waals surface area contributed by atoms with Gasteiger partial charge in [0.15, 0.2) is 0 Å². The van der Waals surface area contributed by atoms with Gasteiger partial charge in [-0.25, -0.2) is 0 Å². The Hall–Kier alpha value is 4.73. The van der Waals surface area contributed by atoms with E-state index in [0.29, 0.717) is 0 Å². The molecule has 10 aliphatic rings. The molecule has 3 aromatic rings. The van der Waals surface area contributed by atoms with Crippen LogP contribution in [0.3, 0.4) is 0 Å². The summed E-state index contributed by atoms with van der Waals surface area (Å²) in [5, 5.41) is 5.39. The summed E-state index contributed by atoms with van der Waals surface area (Å²) in [6, 6.07) is 38.6. The first-order valence-corrected chi connectivity index (χ1v) is 81.4. The molecular weight excluding hydrogens is 2390 g/mol. The number of hydrogen-bond acceptors (Lipinski definition) is 0. The molecule has 22 unspecified atom stereocenters. The van der Waals surface area contributed by atoms with Gasteiger partial charge >= 0.3 is 154 Å². The molecule has 10 saturated carbocycles. The third-order valence-electron chi connectivity index (χ3n) is 32.9. The molecule has 0 spiro atoms. The summed E-state index contributed by atoms with van der Waals surface area (Å²) < 4.78 is 0. The van der Waals surface area contributed by atoms with Gasteiger partial charge < -0.3 is 119 Å². The van der Waals surface area contributed by atoms with E-state index in [2.05, 4.69) is 199 Å². The molecule has 0 saturated heterocycles. The van der Waals surface area contributed by atoms with Gasteiger partial charge in [-0.05, 0) is 127 Å². The molecule has 10 fully saturated rings. The largest absolute Gasteiger partial charge is 4.00 e. The van der Waals surface area contributed by atoms with Crippen molar-refractivity contribution in [3.8, 4) is 0 Å². The normalized spacial score (nSPS) is 27.6. The van der Waals surface area contributed by atoms with Crippen LogP contribution >= 0.6 is 34.1 Å². The van der Waals surface area contributed by atoms with E-state index >= 15 is 0 Å². The van der Waals surface area contributed by atoms with Crippen LogP contribution in [-0.4, -0.2) is 60.1 Å². The molecule has 0 N–H and O–H groups in total. The summed E-state index contributed by atoms with van der Waals surface area (Å²) in [6.07, 6.45) is 70.2. The van der Waals surface area contributed by atoms with E-state index in [1.165, 1.54) is 176 Å².